The summed E-state index contributed by atoms with van der Waals surface area (Å²) in [5.74, 6) is 0.206. The van der Waals surface area contributed by atoms with Crippen molar-refractivity contribution in [3.63, 3.8) is 0 Å². The fourth-order valence-electron chi connectivity index (χ4n) is 3.43. The van der Waals surface area contributed by atoms with E-state index < -0.39 is 0 Å². The molecule has 2 amide bonds. The van der Waals surface area contributed by atoms with E-state index in [4.69, 9.17) is 4.74 Å². The van der Waals surface area contributed by atoms with E-state index in [0.29, 0.717) is 19.4 Å². The topological polar surface area (TPSA) is 58.6 Å². The summed E-state index contributed by atoms with van der Waals surface area (Å²) in [5.41, 5.74) is -0.231. The second-order valence-electron chi connectivity index (χ2n) is 6.31. The maximum atomic E-state index is 12.6. The van der Waals surface area contributed by atoms with E-state index in [1.807, 2.05) is 11.8 Å². The van der Waals surface area contributed by atoms with Crippen molar-refractivity contribution in [2.45, 2.75) is 69.9 Å². The van der Waals surface area contributed by atoms with Gasteiger partial charge in [-0.2, -0.15) is 0 Å². The summed E-state index contributed by atoms with van der Waals surface area (Å²) >= 11 is 0. The highest BCUT2D eigenvalue weighted by Gasteiger charge is 2.41. The van der Waals surface area contributed by atoms with Gasteiger partial charge in [-0.15, -0.1) is 0 Å². The number of ether oxygens (including phenoxy) is 1. The SMILES string of the molecule is CCNC(=O)CC1CCCCN1C(=O)CC1(OC)CCC1. The maximum absolute atomic E-state index is 12.6. The van der Waals surface area contributed by atoms with Gasteiger partial charge in [0.25, 0.3) is 0 Å². The molecule has 0 aromatic carbocycles. The first-order valence-corrected chi connectivity index (χ1v) is 8.21. The Balaban J connectivity index is 1.94. The third kappa shape index (κ3) is 3.96. The van der Waals surface area contributed by atoms with Crippen LogP contribution in [0.5, 0.6) is 0 Å². The van der Waals surface area contributed by atoms with E-state index in [1.54, 1.807) is 7.11 Å². The Hall–Kier alpha value is -1.10. The van der Waals surface area contributed by atoms with Gasteiger partial charge in [0.05, 0.1) is 12.0 Å². The number of carbonyl (C=O) groups excluding carboxylic acids is 2. The minimum absolute atomic E-state index is 0.0484. The van der Waals surface area contributed by atoms with Crippen molar-refractivity contribution in [1.82, 2.24) is 10.2 Å². The molecule has 1 N–H and O–H groups in total. The minimum atomic E-state index is -0.231. The molecule has 0 bridgehead atoms. The fraction of sp³-hybridized carbons (Fsp3) is 0.875. The molecular formula is C16H28N2O3. The molecule has 0 aromatic rings. The second kappa shape index (κ2) is 7.25. The molecule has 1 aliphatic carbocycles. The van der Waals surface area contributed by atoms with E-state index in [1.165, 1.54) is 0 Å². The van der Waals surface area contributed by atoms with Crippen molar-refractivity contribution in [1.29, 1.82) is 0 Å². The van der Waals surface area contributed by atoms with Crippen molar-refractivity contribution in [3.05, 3.63) is 0 Å². The maximum Gasteiger partial charge on any atom is 0.225 e. The quantitative estimate of drug-likeness (QED) is 0.814. The lowest BCUT2D eigenvalue weighted by atomic mass is 9.77. The minimum Gasteiger partial charge on any atom is -0.378 e. The zero-order chi connectivity index (χ0) is 15.3. The molecule has 1 saturated carbocycles. The third-order valence-electron chi connectivity index (χ3n) is 4.91. The van der Waals surface area contributed by atoms with Crippen molar-refractivity contribution in [2.24, 2.45) is 0 Å². The van der Waals surface area contributed by atoms with Gasteiger partial charge >= 0.3 is 0 Å². The van der Waals surface area contributed by atoms with E-state index in [2.05, 4.69) is 5.32 Å². The summed E-state index contributed by atoms with van der Waals surface area (Å²) in [7, 11) is 1.70. The number of hydrogen-bond donors (Lipinski definition) is 1. The van der Waals surface area contributed by atoms with E-state index in [-0.39, 0.29) is 23.5 Å². The first kappa shape index (κ1) is 16.3. The molecule has 1 heterocycles. The van der Waals surface area contributed by atoms with E-state index in [9.17, 15) is 9.59 Å². The van der Waals surface area contributed by atoms with Gasteiger partial charge in [-0.3, -0.25) is 9.59 Å². The van der Waals surface area contributed by atoms with Gasteiger partial charge in [0, 0.05) is 32.7 Å². The summed E-state index contributed by atoms with van der Waals surface area (Å²) in [6, 6.07) is 0.0618. The van der Waals surface area contributed by atoms with Gasteiger partial charge in [-0.05, 0) is 45.4 Å². The number of nitrogens with zero attached hydrogens (tertiary/aromatic N) is 1. The molecule has 21 heavy (non-hydrogen) atoms. The average molecular weight is 296 g/mol. The normalized spacial score (nSPS) is 24.3. The molecule has 120 valence electrons. The molecule has 0 spiro atoms. The monoisotopic (exact) mass is 296 g/mol. The standard InChI is InChI=1S/C16H28N2O3/c1-3-17-14(19)11-13-7-4-5-10-18(13)15(20)12-16(21-2)8-6-9-16/h13H,3-12H2,1-2H3,(H,17,19). The fourth-order valence-corrected chi connectivity index (χ4v) is 3.43. The average Bonchev–Trinajstić information content (AvgIpc) is 2.43. The molecule has 1 saturated heterocycles. The molecule has 5 heteroatoms. The summed E-state index contributed by atoms with van der Waals surface area (Å²) in [6.07, 6.45) is 7.07. The van der Waals surface area contributed by atoms with Crippen LogP contribution in [0, 0.1) is 0 Å². The van der Waals surface area contributed by atoms with Crippen LogP contribution in [0.3, 0.4) is 0 Å². The Kier molecular flexibility index (Phi) is 5.62. The summed E-state index contributed by atoms with van der Waals surface area (Å²) < 4.78 is 5.56. The Labute approximate surface area is 127 Å². The summed E-state index contributed by atoms with van der Waals surface area (Å²) in [4.78, 5) is 26.4. The molecule has 5 nitrogen and oxygen atoms in total. The molecule has 1 atom stereocenters. The molecule has 2 rings (SSSR count). The van der Waals surface area contributed by atoms with Crippen LogP contribution in [0.25, 0.3) is 0 Å². The smallest absolute Gasteiger partial charge is 0.225 e. The zero-order valence-electron chi connectivity index (χ0n) is 13.3. The number of likely N-dealkylation sites (tertiary alicyclic amines) is 1. The van der Waals surface area contributed by atoms with Gasteiger partial charge in [-0.1, -0.05) is 0 Å². The van der Waals surface area contributed by atoms with Crippen LogP contribution in [0.1, 0.15) is 58.3 Å². The molecular weight excluding hydrogens is 268 g/mol. The van der Waals surface area contributed by atoms with Gasteiger partial charge < -0.3 is 15.0 Å². The molecule has 1 unspecified atom stereocenters. The van der Waals surface area contributed by atoms with Gasteiger partial charge in [0.1, 0.15) is 0 Å². The number of amides is 2. The predicted octanol–water partition coefficient (Wildman–Crippen LogP) is 1.85. The second-order valence-corrected chi connectivity index (χ2v) is 6.31. The Bertz CT molecular complexity index is 374. The number of methoxy groups -OCH3 is 1. The predicted molar refractivity (Wildman–Crippen MR) is 80.9 cm³/mol. The van der Waals surface area contributed by atoms with Gasteiger partial charge in [0.15, 0.2) is 0 Å². The first-order valence-electron chi connectivity index (χ1n) is 8.21. The van der Waals surface area contributed by atoms with Crippen LogP contribution in [-0.4, -0.2) is 48.6 Å². The number of piperidine rings is 1. The molecule has 2 aliphatic rings. The highest BCUT2D eigenvalue weighted by molar-refractivity contribution is 5.80. The molecule has 1 aliphatic heterocycles. The number of rotatable bonds is 6. The van der Waals surface area contributed by atoms with Crippen molar-refractivity contribution in [2.75, 3.05) is 20.2 Å². The molecule has 2 fully saturated rings. The zero-order valence-corrected chi connectivity index (χ0v) is 13.3. The lowest BCUT2D eigenvalue weighted by Gasteiger charge is -2.43. The van der Waals surface area contributed by atoms with Crippen LogP contribution in [-0.2, 0) is 14.3 Å². The van der Waals surface area contributed by atoms with E-state index in [0.717, 1.165) is 45.1 Å². The Morgan fingerprint density at radius 2 is 2.05 bits per heavy atom. The van der Waals surface area contributed by atoms with Crippen molar-refractivity contribution >= 4 is 11.8 Å². The number of hydrogen-bond acceptors (Lipinski definition) is 3. The van der Waals surface area contributed by atoms with Crippen LogP contribution < -0.4 is 5.32 Å². The summed E-state index contributed by atoms with van der Waals surface area (Å²) in [6.45, 7) is 3.34. The molecule has 0 radical (unpaired) electrons. The number of carbonyl (C=O) groups is 2. The lowest BCUT2D eigenvalue weighted by Crippen LogP contribution is -2.50. The highest BCUT2D eigenvalue weighted by atomic mass is 16.5. The van der Waals surface area contributed by atoms with Crippen molar-refractivity contribution in [3.8, 4) is 0 Å². The van der Waals surface area contributed by atoms with E-state index >= 15 is 0 Å². The van der Waals surface area contributed by atoms with Crippen LogP contribution in [0.4, 0.5) is 0 Å². The van der Waals surface area contributed by atoms with Crippen molar-refractivity contribution < 1.29 is 14.3 Å². The Morgan fingerprint density at radius 3 is 2.62 bits per heavy atom. The Morgan fingerprint density at radius 1 is 1.29 bits per heavy atom. The lowest BCUT2D eigenvalue weighted by molar-refractivity contribution is -0.148. The highest BCUT2D eigenvalue weighted by Crippen LogP contribution is 2.39. The first-order chi connectivity index (χ1) is 10.1. The molecule has 0 aromatic heterocycles. The van der Waals surface area contributed by atoms with Crippen LogP contribution >= 0.6 is 0 Å². The van der Waals surface area contributed by atoms with Gasteiger partial charge in [-0.25, -0.2) is 0 Å². The third-order valence-corrected chi connectivity index (χ3v) is 4.91. The largest absolute Gasteiger partial charge is 0.378 e. The van der Waals surface area contributed by atoms with Gasteiger partial charge in [0.2, 0.25) is 11.8 Å². The van der Waals surface area contributed by atoms with Crippen LogP contribution in [0.2, 0.25) is 0 Å². The van der Waals surface area contributed by atoms with Crippen LogP contribution in [0.15, 0.2) is 0 Å². The number of nitrogens with one attached hydrogen (secondary N) is 1. The summed E-state index contributed by atoms with van der Waals surface area (Å²) in [5, 5.41) is 2.83.